The molecule has 0 bridgehead atoms. The summed E-state index contributed by atoms with van der Waals surface area (Å²) in [5.41, 5.74) is 5.06. The molecule has 1 amide bonds. The molecule has 7 heteroatoms. The normalized spacial score (nSPS) is 14.9. The van der Waals surface area contributed by atoms with E-state index in [-0.39, 0.29) is 11.8 Å². The summed E-state index contributed by atoms with van der Waals surface area (Å²) in [5.74, 6) is 0.413. The van der Waals surface area contributed by atoms with Crippen LogP contribution in [0.4, 0.5) is 11.4 Å². The quantitative estimate of drug-likeness (QED) is 0.341. The highest BCUT2D eigenvalue weighted by Gasteiger charge is 2.28. The Morgan fingerprint density at radius 2 is 1.82 bits per heavy atom. The van der Waals surface area contributed by atoms with Crippen LogP contribution >= 0.6 is 23.2 Å². The molecule has 1 aromatic heterocycles. The van der Waals surface area contributed by atoms with Gasteiger partial charge in [-0.25, -0.2) is 0 Å². The fraction of sp³-hybridized carbons (Fsp3) is 0.185. The third kappa shape index (κ3) is 4.17. The molecule has 0 fully saturated rings. The minimum Gasteiger partial charge on any atom is -0.493 e. The first-order valence-electron chi connectivity index (χ1n) is 11.0. The molecule has 0 aliphatic carbocycles. The molecule has 4 aromatic rings. The predicted octanol–water partition coefficient (Wildman–Crippen LogP) is 6.78. The van der Waals surface area contributed by atoms with Gasteiger partial charge in [-0.15, -0.1) is 0 Å². The molecule has 1 N–H and O–H groups in total. The molecule has 2 heterocycles. The molecule has 172 valence electrons. The summed E-state index contributed by atoms with van der Waals surface area (Å²) in [4.78, 5) is 20.1. The summed E-state index contributed by atoms with van der Waals surface area (Å²) >= 11 is 12.5. The number of aromatic nitrogens is 1. The van der Waals surface area contributed by atoms with Crippen LogP contribution in [0.2, 0.25) is 10.0 Å². The van der Waals surface area contributed by atoms with E-state index in [1.165, 1.54) is 0 Å². The van der Waals surface area contributed by atoms with E-state index in [4.69, 9.17) is 32.9 Å². The third-order valence-corrected chi connectivity index (χ3v) is 6.46. The van der Waals surface area contributed by atoms with Crippen molar-refractivity contribution < 1.29 is 9.53 Å². The van der Waals surface area contributed by atoms with E-state index in [2.05, 4.69) is 5.32 Å². The largest absolute Gasteiger partial charge is 0.493 e. The number of pyridine rings is 1. The number of nitrogens with one attached hydrogen (secondary N) is 1. The summed E-state index contributed by atoms with van der Waals surface area (Å²) in [6.07, 6.45) is 2.34. The average molecular weight is 492 g/mol. The maximum atomic E-state index is 13.4. The highest BCUT2D eigenvalue weighted by molar-refractivity contribution is 6.35. The second-order valence-electron chi connectivity index (χ2n) is 8.49. The van der Waals surface area contributed by atoms with Crippen LogP contribution in [0.25, 0.3) is 22.0 Å². The van der Waals surface area contributed by atoms with Gasteiger partial charge in [-0.3, -0.25) is 9.78 Å². The Balaban J connectivity index is 1.57. The van der Waals surface area contributed by atoms with Crippen LogP contribution in [0, 0.1) is 0 Å². The van der Waals surface area contributed by atoms with Crippen molar-refractivity contribution in [3.8, 4) is 16.9 Å². The van der Waals surface area contributed by atoms with Crippen molar-refractivity contribution in [2.45, 2.75) is 12.3 Å². The molecule has 0 unspecified atom stereocenters. The SMILES string of the molecule is CN(C)c1c(NC(=O)[C@@H]2CCOc3ccccc32)cnc2c(-c3cc(Cl)cc(Cl)c3)cccc12. The molecule has 1 aliphatic rings. The van der Waals surface area contributed by atoms with Gasteiger partial charge in [0, 0.05) is 40.7 Å². The smallest absolute Gasteiger partial charge is 0.232 e. The average Bonchev–Trinajstić information content (AvgIpc) is 2.82. The molecular weight excluding hydrogens is 469 g/mol. The van der Waals surface area contributed by atoms with Crippen LogP contribution in [-0.2, 0) is 4.79 Å². The lowest BCUT2D eigenvalue weighted by Gasteiger charge is -2.26. The number of hydrogen-bond acceptors (Lipinski definition) is 4. The van der Waals surface area contributed by atoms with Gasteiger partial charge in [-0.1, -0.05) is 59.6 Å². The minimum absolute atomic E-state index is 0.0715. The number of ether oxygens (including phenoxy) is 1. The summed E-state index contributed by atoms with van der Waals surface area (Å²) in [6.45, 7) is 0.511. The summed E-state index contributed by atoms with van der Waals surface area (Å²) in [5, 5.41) is 5.18. The predicted molar refractivity (Wildman–Crippen MR) is 139 cm³/mol. The van der Waals surface area contributed by atoms with Crippen molar-refractivity contribution in [3.05, 3.63) is 82.5 Å². The lowest BCUT2D eigenvalue weighted by molar-refractivity contribution is -0.118. The first-order chi connectivity index (χ1) is 16.4. The number of anilines is 2. The molecule has 0 spiro atoms. The molecule has 0 radical (unpaired) electrons. The Morgan fingerprint density at radius 1 is 1.06 bits per heavy atom. The van der Waals surface area contributed by atoms with Crippen molar-refractivity contribution in [3.63, 3.8) is 0 Å². The number of carbonyl (C=O) groups excluding carboxylic acids is 1. The minimum atomic E-state index is -0.282. The number of nitrogens with zero attached hydrogens (tertiary/aromatic N) is 2. The van der Waals surface area contributed by atoms with Crippen molar-refractivity contribution >= 4 is 51.4 Å². The van der Waals surface area contributed by atoms with Gasteiger partial charge in [0.25, 0.3) is 0 Å². The Labute approximate surface area is 208 Å². The Bertz CT molecular complexity index is 1380. The lowest BCUT2D eigenvalue weighted by atomic mass is 9.92. The molecule has 1 atom stereocenters. The Morgan fingerprint density at radius 3 is 2.59 bits per heavy atom. The molecular formula is C27H23Cl2N3O2. The molecule has 1 aliphatic heterocycles. The van der Waals surface area contributed by atoms with Gasteiger partial charge in [0.1, 0.15) is 5.75 Å². The van der Waals surface area contributed by atoms with E-state index in [0.717, 1.165) is 39.0 Å². The van der Waals surface area contributed by atoms with Crippen molar-refractivity contribution in [2.24, 2.45) is 0 Å². The highest BCUT2D eigenvalue weighted by atomic mass is 35.5. The van der Waals surface area contributed by atoms with E-state index in [9.17, 15) is 4.79 Å². The highest BCUT2D eigenvalue weighted by Crippen LogP contribution is 2.39. The summed E-state index contributed by atoms with van der Waals surface area (Å²) < 4.78 is 5.73. The fourth-order valence-corrected chi connectivity index (χ4v) is 5.08. The topological polar surface area (TPSA) is 54.5 Å². The van der Waals surface area contributed by atoms with E-state index < -0.39 is 0 Å². The lowest BCUT2D eigenvalue weighted by Crippen LogP contribution is -2.27. The summed E-state index contributed by atoms with van der Waals surface area (Å²) in [6, 6.07) is 19.1. The van der Waals surface area contributed by atoms with Gasteiger partial charge >= 0.3 is 0 Å². The van der Waals surface area contributed by atoms with Gasteiger partial charge < -0.3 is 15.0 Å². The molecule has 5 nitrogen and oxygen atoms in total. The number of amides is 1. The Kier molecular flexibility index (Phi) is 6.07. The van der Waals surface area contributed by atoms with Crippen molar-refractivity contribution in [1.82, 2.24) is 4.98 Å². The number of para-hydroxylation sites is 2. The second-order valence-corrected chi connectivity index (χ2v) is 9.36. The summed E-state index contributed by atoms with van der Waals surface area (Å²) in [7, 11) is 3.91. The second kappa shape index (κ2) is 9.16. The van der Waals surface area contributed by atoms with E-state index in [1.54, 1.807) is 12.3 Å². The zero-order valence-corrected chi connectivity index (χ0v) is 20.3. The van der Waals surface area contributed by atoms with Gasteiger partial charge in [0.2, 0.25) is 5.91 Å². The fourth-order valence-electron chi connectivity index (χ4n) is 4.56. The maximum absolute atomic E-state index is 13.4. The van der Waals surface area contributed by atoms with Gasteiger partial charge in [-0.2, -0.15) is 0 Å². The standard InChI is InChI=1S/C27H23Cl2N3O2/c1-32(2)26-22-8-5-7-19(16-12-17(28)14-18(29)13-16)25(22)30-15-23(26)31-27(33)21-10-11-34-24-9-4-3-6-20(21)24/h3-9,12-15,21H,10-11H2,1-2H3,(H,31,33)/t21-/m1/s1. The first kappa shape index (κ1) is 22.5. The van der Waals surface area contributed by atoms with E-state index in [1.807, 2.05) is 73.6 Å². The number of carbonyl (C=O) groups is 1. The van der Waals surface area contributed by atoms with E-state index >= 15 is 0 Å². The van der Waals surface area contributed by atoms with E-state index in [0.29, 0.717) is 28.8 Å². The maximum Gasteiger partial charge on any atom is 0.232 e. The van der Waals surface area contributed by atoms with Crippen LogP contribution in [-0.4, -0.2) is 31.6 Å². The van der Waals surface area contributed by atoms with Crippen LogP contribution in [0.15, 0.2) is 66.9 Å². The van der Waals surface area contributed by atoms with Crippen LogP contribution in [0.1, 0.15) is 17.9 Å². The number of halogens is 2. The van der Waals surface area contributed by atoms with Gasteiger partial charge in [-0.05, 0) is 36.2 Å². The number of benzene rings is 3. The molecule has 34 heavy (non-hydrogen) atoms. The molecule has 0 saturated carbocycles. The van der Waals surface area contributed by atoms with Gasteiger partial charge in [0.15, 0.2) is 0 Å². The number of fused-ring (bicyclic) bond motifs is 2. The van der Waals surface area contributed by atoms with Crippen molar-refractivity contribution in [1.29, 1.82) is 0 Å². The molecule has 5 rings (SSSR count). The number of hydrogen-bond donors (Lipinski definition) is 1. The van der Waals surface area contributed by atoms with Gasteiger partial charge in [0.05, 0.1) is 35.6 Å². The first-order valence-corrected chi connectivity index (χ1v) is 11.8. The zero-order chi connectivity index (χ0) is 23.8. The molecule has 0 saturated heterocycles. The van der Waals surface area contributed by atoms with Crippen molar-refractivity contribution in [2.75, 3.05) is 30.9 Å². The van der Waals surface area contributed by atoms with Crippen LogP contribution in [0.5, 0.6) is 5.75 Å². The monoisotopic (exact) mass is 491 g/mol. The van der Waals surface area contributed by atoms with Crippen LogP contribution in [0.3, 0.4) is 0 Å². The van der Waals surface area contributed by atoms with Crippen LogP contribution < -0.4 is 15.0 Å². The zero-order valence-electron chi connectivity index (χ0n) is 18.8. The molecule has 3 aromatic carbocycles. The number of rotatable bonds is 4. The third-order valence-electron chi connectivity index (χ3n) is 6.02. The Hall–Kier alpha value is -3.28.